The van der Waals surface area contributed by atoms with Crippen LogP contribution in [-0.4, -0.2) is 4.92 Å². The van der Waals surface area contributed by atoms with Crippen LogP contribution in [0.4, 0.5) is 5.00 Å². The number of nitrogens with zero attached hydrogens (tertiary/aromatic N) is 1. The van der Waals surface area contributed by atoms with Crippen LogP contribution in [0.3, 0.4) is 0 Å². The normalized spacial score (nSPS) is 10.2. The lowest BCUT2D eigenvalue weighted by Crippen LogP contribution is -1.85. The molecule has 2 aromatic rings. The molecule has 0 aliphatic heterocycles. The van der Waals surface area contributed by atoms with Gasteiger partial charge in [-0.3, -0.25) is 10.1 Å². The van der Waals surface area contributed by atoms with Gasteiger partial charge in [0.15, 0.2) is 0 Å². The Kier molecular flexibility index (Phi) is 2.12. The standard InChI is InChI=1S/C8H5NO2S2/c10-9(11)8-7(2-4-13-8)6-1-3-12-5-6/h1-5H. The predicted octanol–water partition coefficient (Wildman–Crippen LogP) is 3.38. The van der Waals surface area contributed by atoms with Crippen LogP contribution in [0.15, 0.2) is 28.3 Å². The number of hydrogen-bond donors (Lipinski definition) is 0. The molecule has 13 heavy (non-hydrogen) atoms. The molecule has 0 saturated carbocycles. The molecule has 5 heteroatoms. The summed E-state index contributed by atoms with van der Waals surface area (Å²) in [5.41, 5.74) is 1.65. The van der Waals surface area contributed by atoms with E-state index in [4.69, 9.17) is 0 Å². The molecule has 0 radical (unpaired) electrons. The van der Waals surface area contributed by atoms with Crippen LogP contribution in [0.1, 0.15) is 0 Å². The minimum atomic E-state index is -0.336. The Morgan fingerprint density at radius 1 is 1.31 bits per heavy atom. The van der Waals surface area contributed by atoms with Gasteiger partial charge in [-0.2, -0.15) is 11.3 Å². The number of nitro groups is 1. The van der Waals surface area contributed by atoms with Gasteiger partial charge in [0.25, 0.3) is 0 Å². The van der Waals surface area contributed by atoms with Gasteiger partial charge in [0.1, 0.15) is 0 Å². The lowest BCUT2D eigenvalue weighted by atomic mass is 10.2. The Balaban J connectivity index is 2.52. The van der Waals surface area contributed by atoms with Crippen molar-refractivity contribution in [2.24, 2.45) is 0 Å². The van der Waals surface area contributed by atoms with Crippen molar-refractivity contribution in [3.8, 4) is 11.1 Å². The predicted molar refractivity (Wildman–Crippen MR) is 54.3 cm³/mol. The summed E-state index contributed by atoms with van der Waals surface area (Å²) in [6.45, 7) is 0. The van der Waals surface area contributed by atoms with Gasteiger partial charge in [-0.05, 0) is 28.3 Å². The molecule has 0 bridgehead atoms. The van der Waals surface area contributed by atoms with Crippen molar-refractivity contribution >= 4 is 27.7 Å². The van der Waals surface area contributed by atoms with Gasteiger partial charge in [-0.1, -0.05) is 11.3 Å². The Bertz CT molecular complexity index is 419. The molecule has 0 unspecified atom stereocenters. The second-order valence-corrected chi connectivity index (χ2v) is 4.08. The van der Waals surface area contributed by atoms with Crippen molar-refractivity contribution in [1.29, 1.82) is 0 Å². The van der Waals surface area contributed by atoms with Crippen LogP contribution in [-0.2, 0) is 0 Å². The Morgan fingerprint density at radius 2 is 2.15 bits per heavy atom. The summed E-state index contributed by atoms with van der Waals surface area (Å²) in [4.78, 5) is 10.3. The van der Waals surface area contributed by atoms with Crippen molar-refractivity contribution in [3.05, 3.63) is 38.4 Å². The highest BCUT2D eigenvalue weighted by atomic mass is 32.1. The van der Waals surface area contributed by atoms with E-state index in [1.165, 1.54) is 0 Å². The lowest BCUT2D eigenvalue weighted by molar-refractivity contribution is -0.379. The van der Waals surface area contributed by atoms with E-state index in [0.29, 0.717) is 0 Å². The number of hydrogen-bond acceptors (Lipinski definition) is 4. The highest BCUT2D eigenvalue weighted by Gasteiger charge is 2.16. The molecule has 0 amide bonds. The maximum atomic E-state index is 10.6. The zero-order chi connectivity index (χ0) is 9.26. The fourth-order valence-corrected chi connectivity index (χ4v) is 2.47. The van der Waals surface area contributed by atoms with E-state index in [9.17, 15) is 10.1 Å². The molecule has 0 N–H and O–H groups in total. The maximum absolute atomic E-state index is 10.6. The van der Waals surface area contributed by atoms with Crippen LogP contribution in [0.25, 0.3) is 11.1 Å². The molecule has 0 aliphatic rings. The first kappa shape index (κ1) is 8.40. The molecule has 0 saturated heterocycles. The first-order chi connectivity index (χ1) is 6.29. The Labute approximate surface area is 82.4 Å². The highest BCUT2D eigenvalue weighted by Crippen LogP contribution is 2.35. The Hall–Kier alpha value is -1.20. The van der Waals surface area contributed by atoms with Crippen molar-refractivity contribution in [2.45, 2.75) is 0 Å². The molecule has 0 aromatic carbocycles. The first-order valence-electron chi connectivity index (χ1n) is 3.53. The third kappa shape index (κ3) is 1.48. The molecule has 0 atom stereocenters. The molecule has 0 aliphatic carbocycles. The van der Waals surface area contributed by atoms with Crippen LogP contribution < -0.4 is 0 Å². The van der Waals surface area contributed by atoms with Crippen LogP contribution in [0.5, 0.6) is 0 Å². The molecule has 66 valence electrons. The number of thiophene rings is 2. The average Bonchev–Trinajstić information content (AvgIpc) is 2.74. The molecular weight excluding hydrogens is 206 g/mol. The van der Waals surface area contributed by atoms with Crippen molar-refractivity contribution in [2.75, 3.05) is 0 Å². The van der Waals surface area contributed by atoms with E-state index in [-0.39, 0.29) is 9.92 Å². The molecule has 2 aromatic heterocycles. The monoisotopic (exact) mass is 211 g/mol. The lowest BCUT2D eigenvalue weighted by Gasteiger charge is -1.91. The van der Waals surface area contributed by atoms with Crippen molar-refractivity contribution < 1.29 is 4.92 Å². The quantitative estimate of drug-likeness (QED) is 0.564. The van der Waals surface area contributed by atoms with Gasteiger partial charge in [-0.15, -0.1) is 0 Å². The highest BCUT2D eigenvalue weighted by molar-refractivity contribution is 7.14. The van der Waals surface area contributed by atoms with Gasteiger partial charge < -0.3 is 0 Å². The summed E-state index contributed by atoms with van der Waals surface area (Å²) in [6, 6.07) is 3.67. The summed E-state index contributed by atoms with van der Waals surface area (Å²) in [5.74, 6) is 0. The summed E-state index contributed by atoms with van der Waals surface area (Å²) in [7, 11) is 0. The summed E-state index contributed by atoms with van der Waals surface area (Å²) < 4.78 is 0. The molecule has 0 spiro atoms. The van der Waals surface area contributed by atoms with E-state index in [1.54, 1.807) is 22.8 Å². The summed E-state index contributed by atoms with van der Waals surface area (Å²) in [6.07, 6.45) is 0. The minimum absolute atomic E-state index is 0.221. The Morgan fingerprint density at radius 3 is 2.77 bits per heavy atom. The maximum Gasteiger partial charge on any atom is 0.331 e. The molecule has 3 nitrogen and oxygen atoms in total. The second-order valence-electron chi connectivity index (χ2n) is 2.41. The molecular formula is C8H5NO2S2. The second kappa shape index (κ2) is 3.27. The van der Waals surface area contributed by atoms with Gasteiger partial charge >= 0.3 is 5.00 Å². The van der Waals surface area contributed by atoms with Crippen molar-refractivity contribution in [3.63, 3.8) is 0 Å². The molecule has 2 rings (SSSR count). The van der Waals surface area contributed by atoms with Gasteiger partial charge in [0, 0.05) is 5.56 Å². The van der Waals surface area contributed by atoms with Gasteiger partial charge in [0.2, 0.25) is 0 Å². The fourth-order valence-electron chi connectivity index (χ4n) is 1.08. The largest absolute Gasteiger partial charge is 0.331 e. The smallest absolute Gasteiger partial charge is 0.258 e. The van der Waals surface area contributed by atoms with Gasteiger partial charge in [0.05, 0.1) is 10.5 Å². The van der Waals surface area contributed by atoms with E-state index < -0.39 is 0 Å². The van der Waals surface area contributed by atoms with Crippen LogP contribution in [0.2, 0.25) is 0 Å². The summed E-state index contributed by atoms with van der Waals surface area (Å²) >= 11 is 2.70. The third-order valence-corrected chi connectivity index (χ3v) is 3.19. The van der Waals surface area contributed by atoms with Gasteiger partial charge in [-0.25, -0.2) is 0 Å². The zero-order valence-electron chi connectivity index (χ0n) is 6.47. The number of rotatable bonds is 2. The van der Waals surface area contributed by atoms with Crippen molar-refractivity contribution in [1.82, 2.24) is 0 Å². The van der Waals surface area contributed by atoms with E-state index in [1.807, 2.05) is 16.8 Å². The minimum Gasteiger partial charge on any atom is -0.258 e. The molecule has 0 fully saturated rings. The first-order valence-corrected chi connectivity index (χ1v) is 5.36. The fraction of sp³-hybridized carbons (Fsp3) is 0. The van der Waals surface area contributed by atoms with E-state index >= 15 is 0 Å². The topological polar surface area (TPSA) is 43.1 Å². The van der Waals surface area contributed by atoms with E-state index in [0.717, 1.165) is 22.5 Å². The average molecular weight is 211 g/mol. The molecule has 2 heterocycles. The third-order valence-electron chi connectivity index (χ3n) is 1.64. The SMILES string of the molecule is O=[N+]([O-])c1sccc1-c1ccsc1. The van der Waals surface area contributed by atoms with Crippen LogP contribution in [0, 0.1) is 10.1 Å². The summed E-state index contributed by atoms with van der Waals surface area (Å²) in [5, 5.41) is 16.4. The van der Waals surface area contributed by atoms with Crippen LogP contribution >= 0.6 is 22.7 Å². The van der Waals surface area contributed by atoms with E-state index in [2.05, 4.69) is 0 Å². The zero-order valence-corrected chi connectivity index (χ0v) is 8.10.